The van der Waals surface area contributed by atoms with Gasteiger partial charge < -0.3 is 105 Å². The van der Waals surface area contributed by atoms with Gasteiger partial charge in [-0.3, -0.25) is 13.6 Å². The van der Waals surface area contributed by atoms with Crippen LogP contribution in [-0.2, 0) is 9.47 Å². The molecule has 12 aromatic heterocycles. The summed E-state index contributed by atoms with van der Waals surface area (Å²) in [5.74, 6) is 4.26. The van der Waals surface area contributed by atoms with Crippen molar-refractivity contribution in [2.24, 2.45) is 11.1 Å². The Hall–Kier alpha value is -7.79. The molecule has 0 spiro atoms. The Morgan fingerprint density at radius 3 is 1.46 bits per heavy atom. The number of hydrogen-bond acceptors (Lipinski definition) is 35. The second kappa shape index (κ2) is 62.9. The van der Waals surface area contributed by atoms with Gasteiger partial charge in [-0.2, -0.15) is 0 Å². The van der Waals surface area contributed by atoms with Gasteiger partial charge in [-0.05, 0) is 266 Å². The Morgan fingerprint density at radius 1 is 0.575 bits per heavy atom. The Bertz CT molecular complexity index is 5480. The second-order valence-electron chi connectivity index (χ2n) is 29.8. The van der Waals surface area contributed by atoms with Crippen molar-refractivity contribution in [3.8, 4) is 46.3 Å². The van der Waals surface area contributed by atoms with E-state index in [-0.39, 0.29) is 76.7 Å². The smallest absolute Gasteiger partial charge is 0.479 e. The van der Waals surface area contributed by atoms with Crippen molar-refractivity contribution >= 4 is 195 Å². The molecular weight excluding hydrogens is 2240 g/mol. The van der Waals surface area contributed by atoms with Crippen molar-refractivity contribution in [2.45, 2.75) is 136 Å². The number of aromatic nitrogens is 18. The van der Waals surface area contributed by atoms with Crippen molar-refractivity contribution in [1.29, 1.82) is 0 Å². The average Bonchev–Trinajstić information content (AvgIpc) is 1.65. The fourth-order valence-corrected chi connectivity index (χ4v) is 15.8. The molecule has 5 aliphatic rings. The summed E-state index contributed by atoms with van der Waals surface area (Å²) >= 11 is 31.5. The number of nitrogen functional groups attached to an aromatic ring is 1. The SMILES string of the molecule is C.C1CCOC1.CC(C)(C)OC(=O)N1CCC[C@@H](N)C1.COc1ncc(-c2cnc3ccccn23)nc1N[C@@H]1CCCN(B(C)O)C1.COc1ncc(-c2cnc3ccccn23)nc1N[C@@H]1CCCNC1.COc1ncc(Br)nc1Br.COc1ncc(Br)nc1N[C@@H]1CCCN(B(C)O)C1.ClCCl.Nc1ncc(Br)nc1Br.O=N[O-].O=c1[nH]cc(Br)nc1Br.[Na+].c1ccn2ccnc2c1. The number of carbonyl (C=O) groups is 1. The number of methoxy groups -OCH3 is 4. The van der Waals surface area contributed by atoms with Crippen LogP contribution in [0.4, 0.5) is 28.1 Å². The number of piperidine rings is 4. The van der Waals surface area contributed by atoms with Crippen molar-refractivity contribution in [1.82, 2.24) is 108 Å². The minimum absolute atomic E-state index is 0. The molecule has 5 aliphatic heterocycles. The van der Waals surface area contributed by atoms with Crippen LogP contribution >= 0.6 is 135 Å². The third kappa shape index (κ3) is 40.7. The zero-order chi connectivity index (χ0) is 96.1. The van der Waals surface area contributed by atoms with Crippen molar-refractivity contribution < 1.29 is 72.8 Å². The number of fused-ring (bicyclic) bond motifs is 3. The molecule has 0 unspecified atom stereocenters. The molecule has 17 rings (SSSR count). The number of ether oxygens (including phenoxy) is 6. The molecule has 11 N–H and O–H groups in total. The number of imidazole rings is 3. The number of halogens is 9. The van der Waals surface area contributed by atoms with E-state index in [1.807, 2.05) is 124 Å². The quantitative estimate of drug-likeness (QED) is 0.0211. The monoisotopic (exact) mass is 2350 g/mol. The van der Waals surface area contributed by atoms with E-state index < -0.39 is 19.7 Å². The zero-order valence-corrected chi connectivity index (χ0v) is 89.6. The normalized spacial score (nSPS) is 15.9. The van der Waals surface area contributed by atoms with E-state index in [9.17, 15) is 19.6 Å². The molecule has 5 saturated heterocycles. The number of pyridine rings is 3. The van der Waals surface area contributed by atoms with Gasteiger partial charge in [-0.1, -0.05) is 25.6 Å². The first-order chi connectivity index (χ1) is 63.4. The second-order valence-corrected chi connectivity index (χ2v) is 36.1. The van der Waals surface area contributed by atoms with Crippen LogP contribution in [0.2, 0.25) is 13.6 Å². The molecule has 1 amide bonds. The number of H-pyrrole nitrogens is 1. The molecule has 720 valence electrons. The van der Waals surface area contributed by atoms with Gasteiger partial charge in [0.05, 0.1) is 88.5 Å². The summed E-state index contributed by atoms with van der Waals surface area (Å²) in [5.41, 5.74) is 16.5. The summed E-state index contributed by atoms with van der Waals surface area (Å²) in [6, 6.07) is 18.6. The van der Waals surface area contributed by atoms with Gasteiger partial charge in [0, 0.05) is 107 Å². The standard InChI is InChI=1S/C18H23BN6O2.C17H20N6O.C11H18BBrN4O2.C10H20N2O2.C7H6N2.C5H4Br2N2O.C4H3Br2N3.C4H2Br2N2O.C4H8O.CH2Cl2.CH4.HNO2.Na/c1-19(26)24-8-5-6-13(12-24)22-17-18(27-2)21-10-14(23-17)15-11-20-16-7-3-4-9-25(15)16;1-24-17-16(21-12-5-4-7-18-9-12)22-13(10-20-17)14-11-19-15-6-2-3-8-23(14)15;1-12(18)17-5-3-4-8(7-17)15-10-11(19-2)14-6-9(13)16-10;1-10(2,3)14-9(13)12-6-4-5-8(11)7-12;1-2-5-9-6-4-8-7(9)3-1;1-10-5-4(7)9-3(6)2-8-5;5-2-1-8-4(7)3(6)9-2;5-2-1-7-4(9)3(6)8-2;1-2-4-5-3-1;2-1-3;;2-1-3;/h3-4,7,9-11,13,26H,5-6,8,12H2,1-2H3,(H,22,23);2-3,6,8,10-12,18H,4-5,7,9H2,1H3,(H,21,22);6,8,18H,3-5,7H2,1-2H3,(H,15,16);8H,4-7,11H2,1-3H3;1-6H;2H,1H3;1H,(H2,7,8);1H,(H,7,9);1-4H2;1H2;1H4;(H,2,3);/q;;;;;;;;;;;;+1/p-1/t13-;12-;2*8-;;;;;;;;;/m1111........./s1. The molecule has 134 heavy (non-hydrogen) atoms. The van der Waals surface area contributed by atoms with Gasteiger partial charge in [-0.25, -0.2) is 74.6 Å². The fraction of sp³-hybridized carbons (Fsp3) is 0.439. The van der Waals surface area contributed by atoms with Gasteiger partial charge >= 0.3 is 49.8 Å². The number of nitrogens with zero attached hydrogens (tertiary/aromatic N) is 21. The molecule has 0 saturated carbocycles. The number of hydrogen-bond donors (Lipinski definition) is 9. The van der Waals surface area contributed by atoms with Crippen LogP contribution < -0.4 is 86.8 Å². The first-order valence-electron chi connectivity index (χ1n) is 41.3. The summed E-state index contributed by atoms with van der Waals surface area (Å²) in [4.78, 5) is 97.6. The van der Waals surface area contributed by atoms with Crippen molar-refractivity contribution in [2.75, 3.05) is 121 Å². The number of anilines is 4. The third-order valence-electron chi connectivity index (χ3n) is 19.0. The predicted octanol–water partition coefficient (Wildman–Crippen LogP) is 12.7. The number of aromatic amines is 1. The number of likely N-dealkylation sites (tertiary alicyclic amines) is 1. The largest absolute Gasteiger partial charge is 1.00 e. The van der Waals surface area contributed by atoms with Crippen LogP contribution in [0.15, 0.2) is 178 Å². The van der Waals surface area contributed by atoms with Crippen LogP contribution in [0.3, 0.4) is 0 Å². The molecule has 0 radical (unpaired) electrons. The number of amides is 1. The van der Waals surface area contributed by atoms with Gasteiger partial charge in [0.2, 0.25) is 5.88 Å². The number of nitrogens with two attached hydrogens (primary N) is 2. The first-order valence-corrected chi connectivity index (χ1v) is 47.9. The van der Waals surface area contributed by atoms with Gasteiger partial charge in [0.1, 0.15) is 56.9 Å². The van der Waals surface area contributed by atoms with Crippen LogP contribution in [0.1, 0.15) is 92.4 Å². The Labute approximate surface area is 869 Å². The zero-order valence-electron chi connectivity index (χ0n) is 74.9. The van der Waals surface area contributed by atoms with E-state index >= 15 is 0 Å². The molecule has 5 fully saturated rings. The summed E-state index contributed by atoms with van der Waals surface area (Å²) in [6.07, 6.45) is 33.5. The maximum absolute atomic E-state index is 11.6. The molecule has 17 heterocycles. The van der Waals surface area contributed by atoms with Crippen molar-refractivity contribution in [3.63, 3.8) is 0 Å². The van der Waals surface area contributed by atoms with E-state index in [0.717, 1.165) is 155 Å². The number of carbonyl (C=O) groups excluding carboxylic acids is 1. The molecule has 0 aromatic carbocycles. The van der Waals surface area contributed by atoms with E-state index in [1.165, 1.54) is 19.0 Å². The Morgan fingerprint density at radius 2 is 1.02 bits per heavy atom. The van der Waals surface area contributed by atoms with Gasteiger partial charge in [0.25, 0.3) is 23.2 Å². The molecule has 0 aliphatic carbocycles. The Balaban J connectivity index is 0.000000274. The predicted molar refractivity (Wildman–Crippen MR) is 544 cm³/mol. The van der Waals surface area contributed by atoms with Crippen LogP contribution in [-0.4, -0.2) is 262 Å². The van der Waals surface area contributed by atoms with E-state index in [2.05, 4.69) is 202 Å². The minimum atomic E-state index is -0.452. The molecular formula is C82H110B2Br7Cl2N28NaO12. The van der Waals surface area contributed by atoms with Crippen LogP contribution in [0, 0.1) is 10.1 Å². The topological polar surface area (TPSA) is 502 Å². The van der Waals surface area contributed by atoms with Gasteiger partial charge in [-0.15, -0.1) is 28.5 Å². The van der Waals surface area contributed by atoms with Crippen molar-refractivity contribution in [3.05, 3.63) is 188 Å². The molecule has 12 aromatic rings. The van der Waals surface area contributed by atoms with Crippen LogP contribution in [0.5, 0.6) is 23.5 Å². The van der Waals surface area contributed by atoms with E-state index in [0.29, 0.717) is 87.0 Å². The van der Waals surface area contributed by atoms with Gasteiger partial charge in [0.15, 0.2) is 32.5 Å². The number of nitrogens with one attached hydrogen (secondary N) is 5. The molecule has 0 bridgehead atoms. The maximum Gasteiger partial charge on any atom is 1.00 e. The first kappa shape index (κ1) is 117. The molecule has 52 heteroatoms. The molecule has 40 nitrogen and oxygen atoms in total. The fourth-order valence-electron chi connectivity index (χ4n) is 12.9. The number of rotatable bonds is 14. The minimum Gasteiger partial charge on any atom is -0.479 e. The average molecular weight is 2350 g/mol. The van der Waals surface area contributed by atoms with Crippen LogP contribution in [0.25, 0.3) is 39.7 Å². The summed E-state index contributed by atoms with van der Waals surface area (Å²) in [5, 5.41) is 42.4. The van der Waals surface area contributed by atoms with E-state index in [1.54, 1.807) is 90.4 Å². The summed E-state index contributed by atoms with van der Waals surface area (Å²) in [6.45, 7) is 18.0. The summed E-state index contributed by atoms with van der Waals surface area (Å²) < 4.78 is 41.1. The molecule has 4 atom stereocenters. The van der Waals surface area contributed by atoms with E-state index in [4.69, 9.17) is 83.2 Å². The maximum atomic E-state index is 11.6. The number of alkyl halides is 2. The third-order valence-corrected chi connectivity index (χ3v) is 22.1. The summed E-state index contributed by atoms with van der Waals surface area (Å²) in [7, 11) is 5.45. The Kier molecular flexibility index (Phi) is 54.8.